The smallest absolute Gasteiger partial charge is 0.353 e. The van der Waals surface area contributed by atoms with Gasteiger partial charge in [0.2, 0.25) is 5.91 Å². The van der Waals surface area contributed by atoms with Crippen LogP contribution in [0.25, 0.3) is 0 Å². The van der Waals surface area contributed by atoms with E-state index in [1.807, 2.05) is 0 Å². The van der Waals surface area contributed by atoms with Gasteiger partial charge in [-0.25, -0.2) is 9.59 Å². The third kappa shape index (κ3) is 7.41. The number of Topliss-reactive ketones (excluding diaryl/α,β-unsaturated/α-hetero) is 1. The predicted molar refractivity (Wildman–Crippen MR) is 148 cm³/mol. The summed E-state index contributed by atoms with van der Waals surface area (Å²) < 4.78 is 15.7. The Kier molecular flexibility index (Phi) is 9.80. The number of carbonyl (C=O) groups excluding carboxylic acids is 5. The molecule has 4 rings (SSSR count). The van der Waals surface area contributed by atoms with Crippen molar-refractivity contribution in [3.8, 4) is 5.75 Å². The van der Waals surface area contributed by atoms with Crippen LogP contribution in [-0.2, 0) is 19.1 Å². The zero-order valence-corrected chi connectivity index (χ0v) is 22.8. The standard InChI is InChI=1S/C30H29NO8S/c1-2-3-4-15-37-28(34)21-7-11-23(12-8-21)31-18-22(17-27(31)33)29(35)38-19-25(32)20-9-13-24(14-10-20)39-30(36)26-6-5-16-40-26/h5-14,16,22H,2-4,15,17-19H2,1H3/t22-/m0/s1. The molecule has 0 N–H and O–H groups in total. The van der Waals surface area contributed by atoms with E-state index >= 15 is 0 Å². The SMILES string of the molecule is CCCCCOC(=O)c1ccc(N2C[C@@H](C(=O)OCC(=O)c3ccc(OC(=O)c4cccs4)cc3)CC2=O)cc1. The minimum atomic E-state index is -0.720. The number of anilines is 1. The number of carbonyl (C=O) groups is 5. The van der Waals surface area contributed by atoms with Gasteiger partial charge in [-0.3, -0.25) is 14.4 Å². The Morgan fingerprint density at radius 1 is 0.900 bits per heavy atom. The van der Waals surface area contributed by atoms with E-state index < -0.39 is 36.2 Å². The number of esters is 3. The molecule has 0 radical (unpaired) electrons. The molecule has 1 amide bonds. The summed E-state index contributed by atoms with van der Waals surface area (Å²) in [5.41, 5.74) is 1.23. The van der Waals surface area contributed by atoms with E-state index in [9.17, 15) is 24.0 Å². The van der Waals surface area contributed by atoms with E-state index in [4.69, 9.17) is 14.2 Å². The van der Waals surface area contributed by atoms with Gasteiger partial charge in [0, 0.05) is 24.2 Å². The molecule has 0 saturated carbocycles. The summed E-state index contributed by atoms with van der Waals surface area (Å²) in [5.74, 6) is -2.66. The highest BCUT2D eigenvalue weighted by atomic mass is 32.1. The summed E-state index contributed by atoms with van der Waals surface area (Å²) in [6, 6.07) is 15.8. The molecule has 2 heterocycles. The first kappa shape index (κ1) is 28.7. The Morgan fingerprint density at radius 3 is 2.30 bits per heavy atom. The first-order valence-corrected chi connectivity index (χ1v) is 13.9. The number of rotatable bonds is 12. The molecule has 9 nitrogen and oxygen atoms in total. The minimum Gasteiger partial charge on any atom is -0.462 e. The van der Waals surface area contributed by atoms with Crippen LogP contribution in [-0.4, -0.2) is 49.4 Å². The van der Waals surface area contributed by atoms with Gasteiger partial charge in [0.1, 0.15) is 10.6 Å². The molecule has 1 saturated heterocycles. The highest BCUT2D eigenvalue weighted by Crippen LogP contribution is 2.26. The van der Waals surface area contributed by atoms with Crippen molar-refractivity contribution in [1.82, 2.24) is 0 Å². The fraction of sp³-hybridized carbons (Fsp3) is 0.300. The summed E-state index contributed by atoms with van der Waals surface area (Å²) in [4.78, 5) is 63.8. The highest BCUT2D eigenvalue weighted by molar-refractivity contribution is 7.12. The second-order valence-corrected chi connectivity index (χ2v) is 10.2. The van der Waals surface area contributed by atoms with E-state index in [1.165, 1.54) is 40.5 Å². The van der Waals surface area contributed by atoms with Crippen molar-refractivity contribution in [2.24, 2.45) is 5.92 Å². The van der Waals surface area contributed by atoms with Crippen molar-refractivity contribution < 1.29 is 38.2 Å². The van der Waals surface area contributed by atoms with Gasteiger partial charge in [-0.15, -0.1) is 11.3 Å². The third-order valence-corrected chi connectivity index (χ3v) is 7.16. The number of ether oxygens (including phenoxy) is 3. The maximum absolute atomic E-state index is 12.6. The Morgan fingerprint density at radius 2 is 1.62 bits per heavy atom. The van der Waals surface area contributed by atoms with Crippen molar-refractivity contribution >= 4 is 46.6 Å². The molecule has 1 aliphatic rings. The summed E-state index contributed by atoms with van der Waals surface area (Å²) in [5, 5.41) is 1.77. The predicted octanol–water partition coefficient (Wildman–Crippen LogP) is 5.09. The van der Waals surface area contributed by atoms with Crippen LogP contribution in [0, 0.1) is 5.92 Å². The van der Waals surface area contributed by atoms with Crippen LogP contribution in [0.1, 0.15) is 63.0 Å². The van der Waals surface area contributed by atoms with Gasteiger partial charge in [-0.05, 0) is 66.4 Å². The largest absolute Gasteiger partial charge is 0.462 e. The van der Waals surface area contributed by atoms with Crippen molar-refractivity contribution in [2.45, 2.75) is 32.6 Å². The second-order valence-electron chi connectivity index (χ2n) is 9.22. The molecule has 0 spiro atoms. The first-order chi connectivity index (χ1) is 19.4. The van der Waals surface area contributed by atoms with Crippen LogP contribution in [0.3, 0.4) is 0 Å². The third-order valence-electron chi connectivity index (χ3n) is 6.31. The number of unbranched alkanes of at least 4 members (excludes halogenated alkanes) is 2. The van der Waals surface area contributed by atoms with E-state index in [0.717, 1.165) is 19.3 Å². The molecule has 1 fully saturated rings. The van der Waals surface area contributed by atoms with E-state index in [2.05, 4.69) is 6.92 Å². The van der Waals surface area contributed by atoms with E-state index in [-0.39, 0.29) is 30.2 Å². The van der Waals surface area contributed by atoms with E-state index in [0.29, 0.717) is 22.7 Å². The fourth-order valence-electron chi connectivity index (χ4n) is 4.09. The Labute approximate surface area is 235 Å². The zero-order valence-electron chi connectivity index (χ0n) is 22.0. The van der Waals surface area contributed by atoms with Gasteiger partial charge >= 0.3 is 17.9 Å². The van der Waals surface area contributed by atoms with Crippen molar-refractivity contribution in [3.63, 3.8) is 0 Å². The van der Waals surface area contributed by atoms with Crippen LogP contribution in [0.4, 0.5) is 5.69 Å². The number of hydrogen-bond donors (Lipinski definition) is 0. The lowest BCUT2D eigenvalue weighted by molar-refractivity contribution is -0.147. The average molecular weight is 564 g/mol. The van der Waals surface area contributed by atoms with Crippen molar-refractivity contribution in [1.29, 1.82) is 0 Å². The van der Waals surface area contributed by atoms with Crippen LogP contribution >= 0.6 is 11.3 Å². The lowest BCUT2D eigenvalue weighted by Gasteiger charge is -2.17. The molecule has 1 aliphatic heterocycles. The lowest BCUT2D eigenvalue weighted by Crippen LogP contribution is -2.27. The molecular weight excluding hydrogens is 534 g/mol. The van der Waals surface area contributed by atoms with E-state index in [1.54, 1.807) is 41.8 Å². The topological polar surface area (TPSA) is 116 Å². The van der Waals surface area contributed by atoms with Crippen molar-refractivity contribution in [3.05, 3.63) is 82.0 Å². The molecule has 10 heteroatoms. The molecule has 0 unspecified atom stereocenters. The highest BCUT2D eigenvalue weighted by Gasteiger charge is 2.36. The Hall–Kier alpha value is -4.31. The molecule has 0 bridgehead atoms. The summed E-state index contributed by atoms with van der Waals surface area (Å²) in [7, 11) is 0. The lowest BCUT2D eigenvalue weighted by atomic mass is 10.1. The quantitative estimate of drug-likeness (QED) is 0.129. The molecule has 40 heavy (non-hydrogen) atoms. The van der Waals surface area contributed by atoms with Crippen molar-refractivity contribution in [2.75, 3.05) is 24.7 Å². The van der Waals surface area contributed by atoms with Crippen LogP contribution in [0.5, 0.6) is 5.75 Å². The number of amides is 1. The zero-order chi connectivity index (χ0) is 28.5. The number of benzene rings is 2. The number of thiophene rings is 1. The monoisotopic (exact) mass is 563 g/mol. The Balaban J connectivity index is 1.24. The molecule has 3 aromatic rings. The molecule has 0 aliphatic carbocycles. The van der Waals surface area contributed by atoms with Gasteiger partial charge in [-0.2, -0.15) is 0 Å². The minimum absolute atomic E-state index is 0.0431. The summed E-state index contributed by atoms with van der Waals surface area (Å²) >= 11 is 1.26. The number of nitrogens with zero attached hydrogens (tertiary/aromatic N) is 1. The van der Waals surface area contributed by atoms with Gasteiger partial charge in [0.05, 0.1) is 18.1 Å². The van der Waals surface area contributed by atoms with Gasteiger partial charge in [0.25, 0.3) is 0 Å². The maximum Gasteiger partial charge on any atom is 0.353 e. The van der Waals surface area contributed by atoms with Gasteiger partial charge in [-0.1, -0.05) is 25.8 Å². The second kappa shape index (κ2) is 13.7. The summed E-state index contributed by atoms with van der Waals surface area (Å²) in [6.45, 7) is 2.06. The maximum atomic E-state index is 12.6. The average Bonchev–Trinajstić information content (AvgIpc) is 3.65. The molecule has 208 valence electrons. The van der Waals surface area contributed by atoms with Crippen LogP contribution < -0.4 is 9.64 Å². The normalized spacial score (nSPS) is 14.6. The molecule has 1 aromatic heterocycles. The Bertz CT molecular complexity index is 1350. The fourth-order valence-corrected chi connectivity index (χ4v) is 4.69. The first-order valence-electron chi connectivity index (χ1n) is 13.0. The molecular formula is C30H29NO8S. The van der Waals surface area contributed by atoms with Gasteiger partial charge in [0.15, 0.2) is 12.4 Å². The van der Waals surface area contributed by atoms with Crippen LogP contribution in [0.15, 0.2) is 66.0 Å². The number of hydrogen-bond acceptors (Lipinski definition) is 9. The van der Waals surface area contributed by atoms with Crippen LogP contribution in [0.2, 0.25) is 0 Å². The summed E-state index contributed by atoms with van der Waals surface area (Å²) in [6.07, 6.45) is 2.79. The van der Waals surface area contributed by atoms with Gasteiger partial charge < -0.3 is 19.1 Å². The number of ketones is 1. The molecule has 2 aromatic carbocycles. The molecule has 1 atom stereocenters.